The van der Waals surface area contributed by atoms with E-state index in [1.165, 1.54) is 5.56 Å². The van der Waals surface area contributed by atoms with Crippen molar-refractivity contribution < 1.29 is 14.3 Å². The zero-order chi connectivity index (χ0) is 21.8. The standard InChI is InChI=1S/C25H29N3O3/c1-18(29)27-23-16-25(31-24-8-7-21(30-2)15-22(23)24)10-13-28(14-11-25)12-9-19-3-5-20(17-26)6-4-19/h3-8,15,23H,9-14,16H2,1-2H3,(H,27,29)/t23-/m1/s1. The number of methoxy groups -OCH3 is 1. The molecule has 31 heavy (non-hydrogen) atoms. The minimum atomic E-state index is -0.250. The van der Waals surface area contributed by atoms with Gasteiger partial charge in [-0.2, -0.15) is 5.26 Å². The van der Waals surface area contributed by atoms with Gasteiger partial charge in [0.2, 0.25) is 5.91 Å². The first-order chi connectivity index (χ1) is 15.0. The van der Waals surface area contributed by atoms with E-state index in [1.807, 2.05) is 42.5 Å². The van der Waals surface area contributed by atoms with Crippen molar-refractivity contribution in [3.8, 4) is 17.6 Å². The Morgan fingerprint density at radius 1 is 1.26 bits per heavy atom. The number of carbonyl (C=O) groups is 1. The Morgan fingerprint density at radius 3 is 2.65 bits per heavy atom. The summed E-state index contributed by atoms with van der Waals surface area (Å²) in [5, 5.41) is 12.1. The van der Waals surface area contributed by atoms with Gasteiger partial charge in [0.15, 0.2) is 0 Å². The molecule has 4 rings (SSSR count). The molecule has 1 fully saturated rings. The number of hydrogen-bond acceptors (Lipinski definition) is 5. The second kappa shape index (κ2) is 8.99. The van der Waals surface area contributed by atoms with Gasteiger partial charge < -0.3 is 19.7 Å². The van der Waals surface area contributed by atoms with Crippen LogP contribution in [0.4, 0.5) is 0 Å². The quantitative estimate of drug-likeness (QED) is 0.802. The Morgan fingerprint density at radius 2 is 2.00 bits per heavy atom. The number of piperidine rings is 1. The van der Waals surface area contributed by atoms with E-state index in [0.717, 1.165) is 62.4 Å². The lowest BCUT2D eigenvalue weighted by molar-refractivity contribution is -0.120. The van der Waals surface area contributed by atoms with Crippen LogP contribution in [0.5, 0.6) is 11.5 Å². The number of nitriles is 1. The fraction of sp³-hybridized carbons (Fsp3) is 0.440. The predicted octanol–water partition coefficient (Wildman–Crippen LogP) is 3.60. The molecule has 2 aromatic rings. The lowest BCUT2D eigenvalue weighted by Gasteiger charge is -2.47. The van der Waals surface area contributed by atoms with Crippen LogP contribution in [0.15, 0.2) is 42.5 Å². The van der Waals surface area contributed by atoms with Crippen LogP contribution in [0.25, 0.3) is 0 Å². The van der Waals surface area contributed by atoms with Gasteiger partial charge in [0, 0.05) is 38.5 Å². The summed E-state index contributed by atoms with van der Waals surface area (Å²) in [6, 6.07) is 15.8. The van der Waals surface area contributed by atoms with Gasteiger partial charge in [-0.1, -0.05) is 12.1 Å². The van der Waals surface area contributed by atoms with Crippen LogP contribution < -0.4 is 14.8 Å². The molecule has 0 bridgehead atoms. The number of hydrogen-bond donors (Lipinski definition) is 1. The van der Waals surface area contributed by atoms with E-state index in [-0.39, 0.29) is 17.6 Å². The molecular formula is C25H29N3O3. The molecular weight excluding hydrogens is 390 g/mol. The van der Waals surface area contributed by atoms with E-state index >= 15 is 0 Å². The van der Waals surface area contributed by atoms with Crippen LogP contribution in [0.1, 0.15) is 48.9 Å². The average molecular weight is 420 g/mol. The number of amides is 1. The summed E-state index contributed by atoms with van der Waals surface area (Å²) in [5.74, 6) is 1.58. The van der Waals surface area contributed by atoms with E-state index in [1.54, 1.807) is 14.0 Å². The van der Waals surface area contributed by atoms with Gasteiger partial charge in [-0.05, 0) is 55.2 Å². The third kappa shape index (κ3) is 4.83. The number of carbonyl (C=O) groups excluding carboxylic acids is 1. The van der Waals surface area contributed by atoms with Crippen LogP contribution in [0, 0.1) is 11.3 Å². The Kier molecular flexibility index (Phi) is 6.15. The molecule has 1 amide bonds. The number of nitrogens with zero attached hydrogens (tertiary/aromatic N) is 2. The van der Waals surface area contributed by atoms with Crippen molar-refractivity contribution >= 4 is 5.91 Å². The maximum atomic E-state index is 11.9. The van der Waals surface area contributed by atoms with Gasteiger partial charge >= 0.3 is 0 Å². The van der Waals surface area contributed by atoms with E-state index in [2.05, 4.69) is 16.3 Å². The van der Waals surface area contributed by atoms with Gasteiger partial charge in [-0.3, -0.25) is 4.79 Å². The Hall–Kier alpha value is -3.04. The second-order valence-corrected chi connectivity index (χ2v) is 8.55. The summed E-state index contributed by atoms with van der Waals surface area (Å²) in [5.41, 5.74) is 2.69. The molecule has 1 spiro atoms. The van der Waals surface area contributed by atoms with Crippen molar-refractivity contribution in [1.29, 1.82) is 5.26 Å². The summed E-state index contributed by atoms with van der Waals surface area (Å²) < 4.78 is 11.9. The van der Waals surface area contributed by atoms with E-state index in [9.17, 15) is 4.79 Å². The fourth-order valence-electron chi connectivity index (χ4n) is 4.67. The smallest absolute Gasteiger partial charge is 0.217 e. The molecule has 0 aliphatic carbocycles. The average Bonchev–Trinajstić information content (AvgIpc) is 2.78. The largest absolute Gasteiger partial charge is 0.497 e. The monoisotopic (exact) mass is 419 g/mol. The predicted molar refractivity (Wildman–Crippen MR) is 118 cm³/mol. The molecule has 6 heteroatoms. The molecule has 2 aliphatic rings. The zero-order valence-electron chi connectivity index (χ0n) is 18.2. The molecule has 0 saturated carbocycles. The van der Waals surface area contributed by atoms with Gasteiger partial charge in [0.1, 0.15) is 17.1 Å². The summed E-state index contributed by atoms with van der Waals surface area (Å²) in [6.07, 6.45) is 3.61. The molecule has 1 saturated heterocycles. The van der Waals surface area contributed by atoms with Crippen LogP contribution in [0.3, 0.4) is 0 Å². The van der Waals surface area contributed by atoms with Gasteiger partial charge in [-0.25, -0.2) is 0 Å². The maximum absolute atomic E-state index is 11.9. The molecule has 2 aliphatic heterocycles. The molecule has 1 N–H and O–H groups in total. The normalized spacial score (nSPS) is 19.7. The molecule has 1 atom stereocenters. The third-order valence-electron chi connectivity index (χ3n) is 6.44. The molecule has 6 nitrogen and oxygen atoms in total. The first kappa shape index (κ1) is 21.2. The first-order valence-corrected chi connectivity index (χ1v) is 10.9. The van der Waals surface area contributed by atoms with Crippen molar-refractivity contribution in [1.82, 2.24) is 10.2 Å². The Bertz CT molecular complexity index is 972. The lowest BCUT2D eigenvalue weighted by Crippen LogP contribution is -2.52. The van der Waals surface area contributed by atoms with Crippen molar-refractivity contribution in [3.05, 3.63) is 59.2 Å². The number of ether oxygens (including phenoxy) is 2. The molecule has 2 aromatic carbocycles. The first-order valence-electron chi connectivity index (χ1n) is 10.9. The number of fused-ring (bicyclic) bond motifs is 1. The lowest BCUT2D eigenvalue weighted by atomic mass is 9.80. The van der Waals surface area contributed by atoms with Gasteiger partial charge in [0.25, 0.3) is 0 Å². The van der Waals surface area contributed by atoms with E-state index in [4.69, 9.17) is 14.7 Å². The minimum Gasteiger partial charge on any atom is -0.497 e. The summed E-state index contributed by atoms with van der Waals surface area (Å²) in [7, 11) is 1.65. The summed E-state index contributed by atoms with van der Waals surface area (Å²) >= 11 is 0. The number of likely N-dealkylation sites (tertiary alicyclic amines) is 1. The molecule has 0 aromatic heterocycles. The third-order valence-corrected chi connectivity index (χ3v) is 6.44. The fourth-order valence-corrected chi connectivity index (χ4v) is 4.67. The van der Waals surface area contributed by atoms with Crippen LogP contribution in [-0.4, -0.2) is 43.2 Å². The molecule has 162 valence electrons. The molecule has 0 radical (unpaired) electrons. The van der Waals surface area contributed by atoms with Crippen molar-refractivity contribution in [2.24, 2.45) is 0 Å². The number of nitrogens with one attached hydrogen (secondary N) is 1. The van der Waals surface area contributed by atoms with E-state index in [0.29, 0.717) is 5.56 Å². The highest BCUT2D eigenvalue weighted by molar-refractivity contribution is 5.73. The number of rotatable bonds is 5. The topological polar surface area (TPSA) is 74.6 Å². The summed E-state index contributed by atoms with van der Waals surface area (Å²) in [4.78, 5) is 14.3. The van der Waals surface area contributed by atoms with Crippen LogP contribution in [0.2, 0.25) is 0 Å². The SMILES string of the molecule is COc1ccc2c(c1)[C@H](NC(C)=O)CC1(CCN(CCc3ccc(C#N)cc3)CC1)O2. The highest BCUT2D eigenvalue weighted by Crippen LogP contribution is 2.45. The second-order valence-electron chi connectivity index (χ2n) is 8.55. The zero-order valence-corrected chi connectivity index (χ0v) is 18.2. The number of benzene rings is 2. The van der Waals surface area contributed by atoms with E-state index < -0.39 is 0 Å². The molecule has 0 unspecified atom stereocenters. The Balaban J connectivity index is 1.40. The van der Waals surface area contributed by atoms with Gasteiger partial charge in [0.05, 0.1) is 24.8 Å². The summed E-state index contributed by atoms with van der Waals surface area (Å²) in [6.45, 7) is 4.49. The van der Waals surface area contributed by atoms with Crippen molar-refractivity contribution in [3.63, 3.8) is 0 Å². The van der Waals surface area contributed by atoms with Crippen LogP contribution in [-0.2, 0) is 11.2 Å². The molecule has 2 heterocycles. The minimum absolute atomic E-state index is 0.0318. The Labute approximate surface area is 183 Å². The highest BCUT2D eigenvalue weighted by Gasteiger charge is 2.43. The van der Waals surface area contributed by atoms with Crippen molar-refractivity contribution in [2.75, 3.05) is 26.7 Å². The van der Waals surface area contributed by atoms with Gasteiger partial charge in [-0.15, -0.1) is 0 Å². The highest BCUT2D eigenvalue weighted by atomic mass is 16.5. The van der Waals surface area contributed by atoms with Crippen molar-refractivity contribution in [2.45, 2.75) is 44.2 Å². The maximum Gasteiger partial charge on any atom is 0.217 e. The van der Waals surface area contributed by atoms with Crippen LogP contribution >= 0.6 is 0 Å².